The maximum Gasteiger partial charge on any atom is 0.246 e. The first kappa shape index (κ1) is 16.4. The zero-order valence-corrected chi connectivity index (χ0v) is 13.6. The highest BCUT2D eigenvalue weighted by Gasteiger charge is 2.34. The van der Waals surface area contributed by atoms with E-state index in [0.29, 0.717) is 12.5 Å². The lowest BCUT2D eigenvalue weighted by atomic mass is 10.1. The first-order chi connectivity index (χ1) is 9.93. The van der Waals surface area contributed by atoms with Gasteiger partial charge >= 0.3 is 0 Å². The van der Waals surface area contributed by atoms with Crippen LogP contribution in [0.4, 0.5) is 4.39 Å². The Labute approximate surface area is 127 Å². The average molecular weight is 313 g/mol. The topological polar surface area (TPSA) is 37.4 Å². The molecule has 5 heteroatoms. The largest absolute Gasteiger partial charge is 0.246 e. The summed E-state index contributed by atoms with van der Waals surface area (Å²) in [6, 6.07) is 5.69. The van der Waals surface area contributed by atoms with Gasteiger partial charge in [-0.3, -0.25) is 0 Å². The molecule has 1 saturated carbocycles. The van der Waals surface area contributed by atoms with Crippen molar-refractivity contribution in [2.24, 2.45) is 5.92 Å². The molecule has 0 N–H and O–H groups in total. The number of benzene rings is 1. The van der Waals surface area contributed by atoms with Crippen LogP contribution in [0.15, 0.2) is 29.2 Å². The van der Waals surface area contributed by atoms with Gasteiger partial charge in [0.05, 0.1) is 0 Å². The Kier molecular flexibility index (Phi) is 5.38. The van der Waals surface area contributed by atoms with Crippen molar-refractivity contribution < 1.29 is 12.8 Å². The van der Waals surface area contributed by atoms with Gasteiger partial charge in [-0.15, -0.1) is 0 Å². The first-order valence-electron chi connectivity index (χ1n) is 7.69. The van der Waals surface area contributed by atoms with E-state index in [1.807, 2.05) is 0 Å². The third-order valence-corrected chi connectivity index (χ3v) is 6.07. The highest BCUT2D eigenvalue weighted by Crippen LogP contribution is 2.30. The molecule has 21 heavy (non-hydrogen) atoms. The molecule has 0 radical (unpaired) electrons. The Bertz CT molecular complexity index is 565. The van der Waals surface area contributed by atoms with Crippen LogP contribution in [0.25, 0.3) is 0 Å². The number of sulfonamides is 1. The predicted octanol–water partition coefficient (Wildman–Crippen LogP) is 3.81. The van der Waals surface area contributed by atoms with Crippen LogP contribution in [-0.2, 0) is 10.0 Å². The Morgan fingerprint density at radius 3 is 2.43 bits per heavy atom. The minimum absolute atomic E-state index is 0.0216. The summed E-state index contributed by atoms with van der Waals surface area (Å²) >= 11 is 0. The lowest BCUT2D eigenvalue weighted by Crippen LogP contribution is -2.40. The van der Waals surface area contributed by atoms with Crippen LogP contribution in [0.2, 0.25) is 0 Å². The number of hydrogen-bond donors (Lipinski definition) is 0. The number of halogens is 1. The lowest BCUT2D eigenvalue weighted by Gasteiger charge is -2.28. The van der Waals surface area contributed by atoms with Gasteiger partial charge < -0.3 is 0 Å². The maximum absolute atomic E-state index is 13.9. The fourth-order valence-corrected chi connectivity index (χ4v) is 4.62. The summed E-state index contributed by atoms with van der Waals surface area (Å²) in [6.07, 6.45) is 4.66. The van der Waals surface area contributed by atoms with Crippen molar-refractivity contribution in [2.75, 3.05) is 6.54 Å². The first-order valence-corrected chi connectivity index (χ1v) is 9.13. The smallest absolute Gasteiger partial charge is 0.207 e. The lowest BCUT2D eigenvalue weighted by molar-refractivity contribution is 0.303. The molecule has 2 rings (SSSR count). The minimum Gasteiger partial charge on any atom is -0.207 e. The van der Waals surface area contributed by atoms with Gasteiger partial charge in [0.2, 0.25) is 10.0 Å². The second kappa shape index (κ2) is 6.88. The van der Waals surface area contributed by atoms with Crippen LogP contribution in [0.5, 0.6) is 0 Å². The van der Waals surface area contributed by atoms with Gasteiger partial charge in [0.25, 0.3) is 0 Å². The molecule has 1 aliphatic carbocycles. The van der Waals surface area contributed by atoms with E-state index < -0.39 is 15.8 Å². The number of hydrogen-bond acceptors (Lipinski definition) is 2. The Balaban J connectivity index is 2.32. The standard InChI is InChI=1S/C16H24FNO2S/c1-13(2)11-12-18(14-7-3-4-8-14)21(19,20)16-10-6-5-9-15(16)17/h5-6,9-10,13-14H,3-4,7-8,11-12H2,1-2H3. The molecular formula is C16H24FNO2S. The molecule has 1 aromatic rings. The van der Waals surface area contributed by atoms with Crippen molar-refractivity contribution in [1.29, 1.82) is 0 Å². The molecule has 0 amide bonds. The highest BCUT2D eigenvalue weighted by atomic mass is 32.2. The van der Waals surface area contributed by atoms with E-state index in [0.717, 1.165) is 32.1 Å². The Hall–Kier alpha value is -0.940. The van der Waals surface area contributed by atoms with Gasteiger partial charge in [0.15, 0.2) is 0 Å². The van der Waals surface area contributed by atoms with Gasteiger partial charge in [0.1, 0.15) is 10.7 Å². The van der Waals surface area contributed by atoms with E-state index in [9.17, 15) is 12.8 Å². The van der Waals surface area contributed by atoms with Gasteiger partial charge in [-0.05, 0) is 37.3 Å². The Morgan fingerprint density at radius 2 is 1.86 bits per heavy atom. The molecule has 0 unspecified atom stereocenters. The third-order valence-electron chi connectivity index (χ3n) is 4.08. The van der Waals surface area contributed by atoms with E-state index in [1.54, 1.807) is 10.4 Å². The maximum atomic E-state index is 13.9. The number of rotatable bonds is 6. The molecule has 118 valence electrons. The second-order valence-electron chi connectivity index (χ2n) is 6.17. The van der Waals surface area contributed by atoms with E-state index >= 15 is 0 Å². The van der Waals surface area contributed by atoms with Crippen molar-refractivity contribution in [3.05, 3.63) is 30.1 Å². The van der Waals surface area contributed by atoms with E-state index in [4.69, 9.17) is 0 Å². The quantitative estimate of drug-likeness (QED) is 0.801. The molecule has 0 bridgehead atoms. The van der Waals surface area contributed by atoms with Crippen LogP contribution >= 0.6 is 0 Å². The molecule has 1 fully saturated rings. The van der Waals surface area contributed by atoms with Gasteiger partial charge in [-0.1, -0.05) is 38.8 Å². The molecule has 0 saturated heterocycles. The van der Waals surface area contributed by atoms with Crippen LogP contribution < -0.4 is 0 Å². The monoisotopic (exact) mass is 313 g/mol. The van der Waals surface area contributed by atoms with Gasteiger partial charge in [0, 0.05) is 12.6 Å². The molecule has 1 aliphatic rings. The predicted molar refractivity (Wildman–Crippen MR) is 82.0 cm³/mol. The van der Waals surface area contributed by atoms with E-state index in [-0.39, 0.29) is 10.9 Å². The summed E-state index contributed by atoms with van der Waals surface area (Å²) in [4.78, 5) is -0.194. The zero-order chi connectivity index (χ0) is 15.5. The van der Waals surface area contributed by atoms with Crippen molar-refractivity contribution in [2.45, 2.75) is 56.9 Å². The minimum atomic E-state index is -3.75. The van der Waals surface area contributed by atoms with Crippen molar-refractivity contribution >= 4 is 10.0 Å². The van der Waals surface area contributed by atoms with E-state index in [1.165, 1.54) is 18.2 Å². The second-order valence-corrected chi connectivity index (χ2v) is 8.03. The van der Waals surface area contributed by atoms with Crippen molar-refractivity contribution in [3.8, 4) is 0 Å². The molecule has 3 nitrogen and oxygen atoms in total. The van der Waals surface area contributed by atoms with E-state index in [2.05, 4.69) is 13.8 Å². The molecule has 0 spiro atoms. The third kappa shape index (κ3) is 3.83. The Morgan fingerprint density at radius 1 is 1.24 bits per heavy atom. The average Bonchev–Trinajstić information content (AvgIpc) is 2.92. The van der Waals surface area contributed by atoms with Crippen LogP contribution in [-0.4, -0.2) is 25.3 Å². The summed E-state index contributed by atoms with van der Waals surface area (Å²) in [5.74, 6) is -0.241. The SMILES string of the molecule is CC(C)CCN(C1CCCC1)S(=O)(=O)c1ccccc1F. The van der Waals surface area contributed by atoms with Crippen LogP contribution in [0.3, 0.4) is 0 Å². The summed E-state index contributed by atoms with van der Waals surface area (Å²) in [5, 5.41) is 0. The molecule has 0 atom stereocenters. The summed E-state index contributed by atoms with van der Waals surface area (Å²) < 4.78 is 41.1. The molecule has 0 heterocycles. The van der Waals surface area contributed by atoms with Crippen LogP contribution in [0, 0.1) is 11.7 Å². The molecule has 0 aromatic heterocycles. The summed E-state index contributed by atoms with van der Waals surface area (Å²) in [5.41, 5.74) is 0. The summed E-state index contributed by atoms with van der Waals surface area (Å²) in [6.45, 7) is 4.62. The normalized spacial score (nSPS) is 17.0. The molecule has 1 aromatic carbocycles. The van der Waals surface area contributed by atoms with Gasteiger partial charge in [-0.25, -0.2) is 12.8 Å². The van der Waals surface area contributed by atoms with Gasteiger partial charge in [-0.2, -0.15) is 4.31 Å². The fraction of sp³-hybridized carbons (Fsp3) is 0.625. The van der Waals surface area contributed by atoms with Crippen LogP contribution in [0.1, 0.15) is 46.0 Å². The summed E-state index contributed by atoms with van der Waals surface area (Å²) in [7, 11) is -3.75. The van der Waals surface area contributed by atoms with Crippen molar-refractivity contribution in [1.82, 2.24) is 4.31 Å². The fourth-order valence-electron chi connectivity index (χ4n) is 2.86. The molecule has 0 aliphatic heterocycles. The highest BCUT2D eigenvalue weighted by molar-refractivity contribution is 7.89. The number of nitrogens with zero attached hydrogens (tertiary/aromatic N) is 1. The zero-order valence-electron chi connectivity index (χ0n) is 12.8. The van der Waals surface area contributed by atoms with Crippen molar-refractivity contribution in [3.63, 3.8) is 0 Å². The molecular weight excluding hydrogens is 289 g/mol.